The van der Waals surface area contributed by atoms with E-state index in [1.165, 1.54) is 0 Å². The molecule has 0 aliphatic carbocycles. The standard InChI is InChI=1S/C9H12BrClN2O/c1-3-6-13(11)9-8(14-2)7(10)4-5-12-9/h4-5H,3,6H2,1-2H3. The van der Waals surface area contributed by atoms with Crippen LogP contribution in [0.25, 0.3) is 0 Å². The first kappa shape index (κ1) is 11.6. The summed E-state index contributed by atoms with van der Waals surface area (Å²) >= 11 is 9.41. The largest absolute Gasteiger partial charge is 0.492 e. The van der Waals surface area contributed by atoms with Crippen molar-refractivity contribution in [3.05, 3.63) is 16.7 Å². The number of methoxy groups -OCH3 is 1. The minimum atomic E-state index is 0.644. The number of halogens is 2. The topological polar surface area (TPSA) is 25.4 Å². The van der Waals surface area contributed by atoms with Gasteiger partial charge < -0.3 is 4.74 Å². The monoisotopic (exact) mass is 278 g/mol. The number of ether oxygens (including phenoxy) is 1. The molecule has 0 bridgehead atoms. The van der Waals surface area contributed by atoms with Gasteiger partial charge in [-0.05, 0) is 28.4 Å². The Bertz CT molecular complexity index is 309. The molecule has 0 aliphatic heterocycles. The van der Waals surface area contributed by atoms with Gasteiger partial charge in [-0.1, -0.05) is 6.92 Å². The first-order chi connectivity index (χ1) is 6.70. The van der Waals surface area contributed by atoms with Gasteiger partial charge in [0.15, 0.2) is 11.6 Å². The highest BCUT2D eigenvalue weighted by molar-refractivity contribution is 9.10. The molecule has 5 heteroatoms. The van der Waals surface area contributed by atoms with Gasteiger partial charge in [-0.15, -0.1) is 0 Å². The number of aromatic nitrogens is 1. The molecule has 0 fully saturated rings. The van der Waals surface area contributed by atoms with Gasteiger partial charge in [0.25, 0.3) is 0 Å². The highest BCUT2D eigenvalue weighted by Crippen LogP contribution is 2.34. The minimum Gasteiger partial charge on any atom is -0.492 e. The fourth-order valence-electron chi connectivity index (χ4n) is 1.08. The Hall–Kier alpha value is -0.480. The van der Waals surface area contributed by atoms with Gasteiger partial charge in [0, 0.05) is 24.5 Å². The molecule has 3 nitrogen and oxygen atoms in total. The first-order valence-electron chi connectivity index (χ1n) is 4.32. The van der Waals surface area contributed by atoms with Gasteiger partial charge in [-0.25, -0.2) is 4.98 Å². The zero-order chi connectivity index (χ0) is 10.6. The summed E-state index contributed by atoms with van der Waals surface area (Å²) in [6.07, 6.45) is 2.65. The molecule has 0 unspecified atom stereocenters. The normalized spacial score (nSPS) is 10.0. The molecule has 1 aromatic heterocycles. The fraction of sp³-hybridized carbons (Fsp3) is 0.444. The molecule has 0 aliphatic rings. The molecule has 0 amide bonds. The van der Waals surface area contributed by atoms with E-state index in [1.54, 1.807) is 17.7 Å². The molecular weight excluding hydrogens is 267 g/mol. The van der Waals surface area contributed by atoms with E-state index in [9.17, 15) is 0 Å². The van der Waals surface area contributed by atoms with Crippen LogP contribution in [0.5, 0.6) is 5.75 Å². The van der Waals surface area contributed by atoms with Crippen LogP contribution in [0.15, 0.2) is 16.7 Å². The third-order valence-corrected chi connectivity index (χ3v) is 2.65. The van der Waals surface area contributed by atoms with Crippen LogP contribution in [0.4, 0.5) is 5.82 Å². The molecule has 0 N–H and O–H groups in total. The lowest BCUT2D eigenvalue weighted by atomic mass is 10.4. The van der Waals surface area contributed by atoms with Gasteiger partial charge in [-0.3, -0.25) is 4.42 Å². The molecular formula is C9H12BrClN2O. The number of hydrogen-bond acceptors (Lipinski definition) is 3. The second kappa shape index (κ2) is 5.41. The van der Waals surface area contributed by atoms with Gasteiger partial charge in [0.05, 0.1) is 11.6 Å². The molecule has 14 heavy (non-hydrogen) atoms. The summed E-state index contributed by atoms with van der Waals surface area (Å²) in [5.74, 6) is 1.31. The highest BCUT2D eigenvalue weighted by Gasteiger charge is 2.13. The van der Waals surface area contributed by atoms with Crippen molar-refractivity contribution in [1.29, 1.82) is 0 Å². The van der Waals surface area contributed by atoms with E-state index in [-0.39, 0.29) is 0 Å². The Balaban J connectivity index is 3.00. The number of pyridine rings is 1. The maximum absolute atomic E-state index is 6.03. The number of nitrogens with zero attached hydrogens (tertiary/aromatic N) is 2. The molecule has 78 valence electrons. The van der Waals surface area contributed by atoms with Crippen molar-refractivity contribution in [2.75, 3.05) is 18.1 Å². The third-order valence-electron chi connectivity index (χ3n) is 1.69. The van der Waals surface area contributed by atoms with Crippen LogP contribution in [0.3, 0.4) is 0 Å². The van der Waals surface area contributed by atoms with Gasteiger partial charge in [0.1, 0.15) is 0 Å². The van der Waals surface area contributed by atoms with Gasteiger partial charge in [0.2, 0.25) is 0 Å². The Kier molecular flexibility index (Phi) is 4.48. The highest BCUT2D eigenvalue weighted by atomic mass is 79.9. The maximum atomic E-state index is 6.03. The van der Waals surface area contributed by atoms with E-state index >= 15 is 0 Å². The van der Waals surface area contributed by atoms with Crippen LogP contribution in [0, 0.1) is 0 Å². The van der Waals surface area contributed by atoms with Crippen LogP contribution in [0.2, 0.25) is 0 Å². The molecule has 1 aromatic rings. The van der Waals surface area contributed by atoms with E-state index in [0.29, 0.717) is 11.6 Å². The second-order valence-electron chi connectivity index (χ2n) is 2.74. The lowest BCUT2D eigenvalue weighted by Crippen LogP contribution is -2.13. The quantitative estimate of drug-likeness (QED) is 0.791. The Labute approximate surface area is 97.3 Å². The van der Waals surface area contributed by atoms with Crippen molar-refractivity contribution >= 4 is 33.5 Å². The molecule has 0 radical (unpaired) electrons. The predicted octanol–water partition coefficient (Wildman–Crippen LogP) is 3.22. The predicted molar refractivity (Wildman–Crippen MR) is 62.0 cm³/mol. The minimum absolute atomic E-state index is 0.644. The van der Waals surface area contributed by atoms with E-state index in [4.69, 9.17) is 16.5 Å². The smallest absolute Gasteiger partial charge is 0.187 e. The second-order valence-corrected chi connectivity index (χ2v) is 4.00. The zero-order valence-corrected chi connectivity index (χ0v) is 10.5. The summed E-state index contributed by atoms with van der Waals surface area (Å²) in [5.41, 5.74) is 0. The van der Waals surface area contributed by atoms with Crippen LogP contribution >= 0.6 is 27.7 Å². The van der Waals surface area contributed by atoms with Gasteiger partial charge in [-0.2, -0.15) is 0 Å². The van der Waals surface area contributed by atoms with Crippen LogP contribution in [-0.4, -0.2) is 18.6 Å². The molecule has 0 saturated heterocycles. The maximum Gasteiger partial charge on any atom is 0.187 e. The number of rotatable bonds is 4. The van der Waals surface area contributed by atoms with Crippen molar-refractivity contribution in [2.24, 2.45) is 0 Å². The SMILES string of the molecule is CCCN(Cl)c1nccc(Br)c1OC. The number of hydrogen-bond donors (Lipinski definition) is 0. The molecule has 0 atom stereocenters. The van der Waals surface area contributed by atoms with E-state index in [2.05, 4.69) is 27.8 Å². The average Bonchev–Trinajstić information content (AvgIpc) is 2.17. The number of anilines is 1. The van der Waals surface area contributed by atoms with Crippen molar-refractivity contribution in [3.63, 3.8) is 0 Å². The fourth-order valence-corrected chi connectivity index (χ4v) is 1.83. The van der Waals surface area contributed by atoms with Crippen molar-refractivity contribution in [2.45, 2.75) is 13.3 Å². The molecule has 0 saturated carbocycles. The van der Waals surface area contributed by atoms with Crippen LogP contribution < -0.4 is 9.16 Å². The zero-order valence-electron chi connectivity index (χ0n) is 8.13. The summed E-state index contributed by atoms with van der Waals surface area (Å²) in [6, 6.07) is 1.82. The summed E-state index contributed by atoms with van der Waals surface area (Å²) in [5, 5.41) is 0. The summed E-state index contributed by atoms with van der Waals surface area (Å²) < 4.78 is 7.62. The van der Waals surface area contributed by atoms with Crippen molar-refractivity contribution in [1.82, 2.24) is 4.98 Å². The van der Waals surface area contributed by atoms with E-state index in [1.807, 2.05) is 6.07 Å². The molecule has 1 rings (SSSR count). The van der Waals surface area contributed by atoms with Gasteiger partial charge >= 0.3 is 0 Å². The third kappa shape index (κ3) is 2.51. The Morgan fingerprint density at radius 1 is 1.64 bits per heavy atom. The lowest BCUT2D eigenvalue weighted by Gasteiger charge is -2.17. The first-order valence-corrected chi connectivity index (χ1v) is 5.45. The Morgan fingerprint density at radius 3 is 2.93 bits per heavy atom. The molecule has 0 aromatic carbocycles. The van der Waals surface area contributed by atoms with Crippen molar-refractivity contribution < 1.29 is 4.74 Å². The summed E-state index contributed by atoms with van der Waals surface area (Å²) in [6.45, 7) is 2.79. The van der Waals surface area contributed by atoms with Crippen LogP contribution in [-0.2, 0) is 0 Å². The summed E-state index contributed by atoms with van der Waals surface area (Å²) in [7, 11) is 1.60. The van der Waals surface area contributed by atoms with Crippen LogP contribution in [0.1, 0.15) is 13.3 Å². The molecule has 1 heterocycles. The van der Waals surface area contributed by atoms with E-state index < -0.39 is 0 Å². The Morgan fingerprint density at radius 2 is 2.36 bits per heavy atom. The van der Waals surface area contributed by atoms with E-state index in [0.717, 1.165) is 17.4 Å². The summed E-state index contributed by atoms with van der Waals surface area (Å²) in [4.78, 5) is 4.17. The molecule has 0 spiro atoms. The lowest BCUT2D eigenvalue weighted by molar-refractivity contribution is 0.411. The van der Waals surface area contributed by atoms with Crippen molar-refractivity contribution in [3.8, 4) is 5.75 Å². The average molecular weight is 280 g/mol.